The molecule has 26 heavy (non-hydrogen) atoms. The molecule has 0 atom stereocenters. The van der Waals surface area contributed by atoms with E-state index in [2.05, 4.69) is 10.6 Å². The molecule has 0 bridgehead atoms. The summed E-state index contributed by atoms with van der Waals surface area (Å²) in [6, 6.07) is -0.211. The molecule has 1 heterocycles. The van der Waals surface area contributed by atoms with Crippen molar-refractivity contribution in [1.29, 1.82) is 0 Å². The van der Waals surface area contributed by atoms with Gasteiger partial charge < -0.3 is 15.2 Å². The molecule has 1 aliphatic rings. The molecule has 0 spiro atoms. The van der Waals surface area contributed by atoms with Crippen molar-refractivity contribution >= 4 is 34.3 Å². The molecule has 9 heteroatoms. The molecular formula is C17H25N3O5S. The van der Waals surface area contributed by atoms with Crippen LogP contribution in [0.25, 0.3) is 0 Å². The molecule has 3 N–H and O–H groups in total. The molecule has 0 unspecified atom stereocenters. The number of nitrogens with one attached hydrogen (secondary N) is 2. The number of carboxylic acid groups (broad SMARTS) is 1. The summed E-state index contributed by atoms with van der Waals surface area (Å²) in [6.45, 7) is 6.39. The van der Waals surface area contributed by atoms with Crippen molar-refractivity contribution in [2.24, 2.45) is 0 Å². The average Bonchev–Trinajstić information content (AvgIpc) is 2.89. The summed E-state index contributed by atoms with van der Waals surface area (Å²) in [5.74, 6) is -1.29. The summed E-state index contributed by atoms with van der Waals surface area (Å²) in [4.78, 5) is 37.0. The molecule has 1 aromatic rings. The van der Waals surface area contributed by atoms with Gasteiger partial charge in [0.15, 0.2) is 0 Å². The predicted molar refractivity (Wildman–Crippen MR) is 98.9 cm³/mol. The Balaban J connectivity index is 1.86. The molecule has 2 rings (SSSR count). The van der Waals surface area contributed by atoms with Crippen LogP contribution in [0.1, 0.15) is 42.6 Å². The van der Waals surface area contributed by atoms with Crippen LogP contribution < -0.4 is 10.6 Å². The van der Waals surface area contributed by atoms with Crippen LogP contribution in [-0.2, 0) is 9.53 Å². The number of carbonyl (C=O) groups is 3. The van der Waals surface area contributed by atoms with Crippen LogP contribution in [0.5, 0.6) is 0 Å². The van der Waals surface area contributed by atoms with Gasteiger partial charge in [0, 0.05) is 12.1 Å². The molecule has 1 fully saturated rings. The number of ether oxygens (including phenoxy) is 1. The van der Waals surface area contributed by atoms with Gasteiger partial charge in [-0.05, 0) is 44.2 Å². The second-order valence-corrected chi connectivity index (χ2v) is 7.10. The first-order valence-electron chi connectivity index (χ1n) is 8.64. The Morgan fingerprint density at radius 3 is 2.62 bits per heavy atom. The molecular weight excluding hydrogens is 358 g/mol. The summed E-state index contributed by atoms with van der Waals surface area (Å²) in [7, 11) is 0. The number of hydrogen-bond acceptors (Lipinski definition) is 6. The van der Waals surface area contributed by atoms with E-state index in [1.54, 1.807) is 19.2 Å². The molecule has 8 nitrogen and oxygen atoms in total. The van der Waals surface area contributed by atoms with Crippen LogP contribution in [0.15, 0.2) is 5.38 Å². The second kappa shape index (κ2) is 9.00. The quantitative estimate of drug-likeness (QED) is 0.595. The molecule has 0 aromatic carbocycles. The van der Waals surface area contributed by atoms with Gasteiger partial charge >= 0.3 is 18.0 Å². The lowest BCUT2D eigenvalue weighted by molar-refractivity contribution is -0.139. The van der Waals surface area contributed by atoms with Crippen molar-refractivity contribution in [3.8, 4) is 0 Å². The third kappa shape index (κ3) is 4.95. The van der Waals surface area contributed by atoms with E-state index >= 15 is 0 Å². The maximum Gasteiger partial charge on any atom is 0.341 e. The topological polar surface area (TPSA) is 108 Å². The van der Waals surface area contributed by atoms with Crippen molar-refractivity contribution in [1.82, 2.24) is 10.2 Å². The van der Waals surface area contributed by atoms with E-state index in [9.17, 15) is 14.4 Å². The number of likely N-dealkylation sites (N-methyl/N-ethyl adjacent to an activating group) is 1. The number of esters is 1. The first-order chi connectivity index (χ1) is 12.3. The lowest BCUT2D eigenvalue weighted by Crippen LogP contribution is -2.55. The molecule has 0 radical (unpaired) electrons. The Kier molecular flexibility index (Phi) is 6.98. The van der Waals surface area contributed by atoms with Gasteiger partial charge in [0.1, 0.15) is 5.00 Å². The number of hydrogen-bond donors (Lipinski definition) is 3. The molecule has 0 saturated heterocycles. The average molecular weight is 383 g/mol. The van der Waals surface area contributed by atoms with E-state index in [-0.39, 0.29) is 31.3 Å². The van der Waals surface area contributed by atoms with Gasteiger partial charge in [-0.25, -0.2) is 9.59 Å². The number of urea groups is 1. The number of nitrogens with zero attached hydrogens (tertiary/aromatic N) is 1. The Bertz CT molecular complexity index is 669. The van der Waals surface area contributed by atoms with E-state index in [0.717, 1.165) is 5.56 Å². The van der Waals surface area contributed by atoms with E-state index in [4.69, 9.17) is 9.84 Å². The Hall–Kier alpha value is -2.13. The fourth-order valence-electron chi connectivity index (χ4n) is 2.99. The van der Waals surface area contributed by atoms with Crippen LogP contribution in [0, 0.1) is 6.92 Å². The third-order valence-electron chi connectivity index (χ3n) is 4.39. The summed E-state index contributed by atoms with van der Waals surface area (Å²) in [6.07, 6.45) is 1.42. The first kappa shape index (κ1) is 20.2. The minimum atomic E-state index is -0.847. The van der Waals surface area contributed by atoms with Gasteiger partial charge in [0.05, 0.1) is 18.7 Å². The molecule has 0 aliphatic heterocycles. The first-order valence-corrected chi connectivity index (χ1v) is 9.52. The van der Waals surface area contributed by atoms with Crippen LogP contribution >= 0.6 is 11.3 Å². The maximum absolute atomic E-state index is 12.2. The molecule has 1 saturated carbocycles. The number of carbonyl (C=O) groups excluding carboxylic acids is 2. The van der Waals surface area contributed by atoms with Crippen molar-refractivity contribution in [3.63, 3.8) is 0 Å². The molecule has 1 aromatic heterocycles. The van der Waals surface area contributed by atoms with E-state index in [1.165, 1.54) is 11.3 Å². The predicted octanol–water partition coefficient (Wildman–Crippen LogP) is 2.29. The standard InChI is InChI=1S/C17H25N3O5S/c1-4-20(8-13(21)22)12-6-11(7-12)18-17(24)19-15-14(10(3)9-26-15)16(23)25-5-2/h9,11-12H,4-8H2,1-3H3,(H,21,22)(H2,18,19,24). The summed E-state index contributed by atoms with van der Waals surface area (Å²) in [5, 5.41) is 16.8. The fraction of sp³-hybridized carbons (Fsp3) is 0.588. The Morgan fingerprint density at radius 2 is 2.04 bits per heavy atom. The molecule has 1 aliphatic carbocycles. The van der Waals surface area contributed by atoms with Crippen LogP contribution in [0.3, 0.4) is 0 Å². The summed E-state index contributed by atoms with van der Waals surface area (Å²) >= 11 is 1.28. The van der Waals surface area contributed by atoms with Gasteiger partial charge in [-0.2, -0.15) is 0 Å². The number of amides is 2. The van der Waals surface area contributed by atoms with Crippen molar-refractivity contribution < 1.29 is 24.2 Å². The minimum absolute atomic E-state index is 0.00468. The number of carboxylic acids is 1. The largest absolute Gasteiger partial charge is 0.480 e. The van der Waals surface area contributed by atoms with Gasteiger partial charge in [0.25, 0.3) is 0 Å². The van der Waals surface area contributed by atoms with Crippen molar-refractivity contribution in [2.75, 3.05) is 25.0 Å². The second-order valence-electron chi connectivity index (χ2n) is 6.22. The van der Waals surface area contributed by atoms with Crippen LogP contribution in [0.4, 0.5) is 9.80 Å². The van der Waals surface area contributed by atoms with Crippen molar-refractivity contribution in [2.45, 2.75) is 45.7 Å². The zero-order chi connectivity index (χ0) is 19.3. The normalized spacial score (nSPS) is 18.9. The van der Waals surface area contributed by atoms with E-state index in [0.29, 0.717) is 30.0 Å². The van der Waals surface area contributed by atoms with Crippen LogP contribution in [0.2, 0.25) is 0 Å². The van der Waals surface area contributed by atoms with Crippen LogP contribution in [-0.4, -0.2) is 59.8 Å². The Morgan fingerprint density at radius 1 is 1.35 bits per heavy atom. The highest BCUT2D eigenvalue weighted by molar-refractivity contribution is 7.15. The number of thiophene rings is 1. The smallest absolute Gasteiger partial charge is 0.341 e. The number of aliphatic carboxylic acids is 1. The van der Waals surface area contributed by atoms with Crippen molar-refractivity contribution in [3.05, 3.63) is 16.5 Å². The SMILES string of the molecule is CCOC(=O)c1c(C)csc1NC(=O)NC1CC(N(CC)CC(=O)O)C1. The summed E-state index contributed by atoms with van der Waals surface area (Å²) < 4.78 is 5.03. The van der Waals surface area contributed by atoms with E-state index < -0.39 is 11.9 Å². The lowest BCUT2D eigenvalue weighted by atomic mass is 9.85. The van der Waals surface area contributed by atoms with Gasteiger partial charge in [-0.15, -0.1) is 11.3 Å². The Labute approximate surface area is 156 Å². The highest BCUT2D eigenvalue weighted by Gasteiger charge is 2.34. The number of rotatable bonds is 8. The fourth-order valence-corrected chi connectivity index (χ4v) is 3.92. The number of anilines is 1. The highest BCUT2D eigenvalue weighted by Crippen LogP contribution is 2.29. The van der Waals surface area contributed by atoms with Gasteiger partial charge in [-0.1, -0.05) is 6.92 Å². The minimum Gasteiger partial charge on any atom is -0.480 e. The highest BCUT2D eigenvalue weighted by atomic mass is 32.1. The van der Waals surface area contributed by atoms with E-state index in [1.807, 2.05) is 11.8 Å². The zero-order valence-corrected chi connectivity index (χ0v) is 16.0. The lowest BCUT2D eigenvalue weighted by Gasteiger charge is -2.42. The maximum atomic E-state index is 12.2. The third-order valence-corrected chi connectivity index (χ3v) is 5.40. The number of aryl methyl sites for hydroxylation is 1. The molecule has 2 amide bonds. The zero-order valence-electron chi connectivity index (χ0n) is 15.2. The molecule has 144 valence electrons. The summed E-state index contributed by atoms with van der Waals surface area (Å²) in [5.41, 5.74) is 1.15. The van der Waals surface area contributed by atoms with Gasteiger partial charge in [0.2, 0.25) is 0 Å². The monoisotopic (exact) mass is 383 g/mol. The van der Waals surface area contributed by atoms with Gasteiger partial charge in [-0.3, -0.25) is 15.0 Å².